The van der Waals surface area contributed by atoms with Crippen LogP contribution in [0.15, 0.2) is 51.8 Å². The number of halogens is 1. The molecule has 1 aliphatic carbocycles. The van der Waals surface area contributed by atoms with Gasteiger partial charge < -0.3 is 10.1 Å². The quantitative estimate of drug-likeness (QED) is 0.662. The van der Waals surface area contributed by atoms with Gasteiger partial charge in [-0.2, -0.15) is 0 Å². The number of rotatable bonds is 6. The second kappa shape index (κ2) is 9.07. The Bertz CT molecular complexity index is 939. The van der Waals surface area contributed by atoms with Crippen molar-refractivity contribution >= 4 is 37.5 Å². The lowest BCUT2D eigenvalue weighted by Gasteiger charge is -2.21. The molecule has 0 atom stereocenters. The van der Waals surface area contributed by atoms with Crippen LogP contribution in [0.25, 0.3) is 0 Å². The zero-order valence-electron chi connectivity index (χ0n) is 15.4. The minimum Gasteiger partial charge on any atom is -0.493 e. The van der Waals surface area contributed by atoms with E-state index in [1.54, 1.807) is 12.1 Å². The van der Waals surface area contributed by atoms with E-state index in [1.807, 2.05) is 12.1 Å². The highest BCUT2D eigenvalue weighted by Gasteiger charge is 2.16. The minimum absolute atomic E-state index is 0.118. The molecule has 0 saturated heterocycles. The zero-order chi connectivity index (χ0) is 20.1. The van der Waals surface area contributed by atoms with Crippen molar-refractivity contribution in [3.63, 3.8) is 0 Å². The molecule has 0 bridgehead atoms. The molecule has 1 saturated carbocycles. The number of benzene rings is 2. The maximum absolute atomic E-state index is 12.5. The van der Waals surface area contributed by atoms with Crippen LogP contribution in [0.5, 0.6) is 5.75 Å². The largest absolute Gasteiger partial charge is 0.493 e. The van der Waals surface area contributed by atoms with E-state index >= 15 is 0 Å². The summed E-state index contributed by atoms with van der Waals surface area (Å²) >= 11 is 3.26. The standard InChI is InChI=1S/C20H23BrN2O4S/c21-19-11-10-17(28(22,25)26)12-18(19)20(24)23-15-6-8-16(9-7-15)27-13-14-4-2-1-3-5-14/h6-12,14H,1-5,13H2,(H,23,24)(H2,22,25,26). The molecule has 1 fully saturated rings. The minimum atomic E-state index is -3.89. The molecule has 0 aliphatic heterocycles. The lowest BCUT2D eigenvalue weighted by molar-refractivity contribution is 0.102. The summed E-state index contributed by atoms with van der Waals surface area (Å²) in [7, 11) is -3.89. The molecule has 1 aliphatic rings. The van der Waals surface area contributed by atoms with E-state index in [1.165, 1.54) is 50.3 Å². The van der Waals surface area contributed by atoms with Crippen molar-refractivity contribution < 1.29 is 17.9 Å². The fourth-order valence-electron chi connectivity index (χ4n) is 3.26. The van der Waals surface area contributed by atoms with E-state index in [2.05, 4.69) is 21.2 Å². The third-order valence-electron chi connectivity index (χ3n) is 4.83. The van der Waals surface area contributed by atoms with Crippen LogP contribution in [0, 0.1) is 5.92 Å². The lowest BCUT2D eigenvalue weighted by Crippen LogP contribution is -2.16. The summed E-state index contributed by atoms with van der Waals surface area (Å²) in [5.74, 6) is 0.950. The molecule has 0 aromatic heterocycles. The Morgan fingerprint density at radius 3 is 2.43 bits per heavy atom. The Hall–Kier alpha value is -1.90. The number of amides is 1. The third kappa shape index (κ3) is 5.56. The predicted molar refractivity (Wildman–Crippen MR) is 112 cm³/mol. The SMILES string of the molecule is NS(=O)(=O)c1ccc(Br)c(C(=O)Nc2ccc(OCC3CCCCC3)cc2)c1. The molecule has 2 aromatic rings. The van der Waals surface area contributed by atoms with Crippen molar-refractivity contribution in [2.45, 2.75) is 37.0 Å². The third-order valence-corrected chi connectivity index (χ3v) is 6.44. The summed E-state index contributed by atoms with van der Waals surface area (Å²) in [6.45, 7) is 0.721. The molecular weight excluding hydrogens is 444 g/mol. The summed E-state index contributed by atoms with van der Waals surface area (Å²) in [6.07, 6.45) is 6.32. The number of ether oxygens (including phenoxy) is 1. The normalized spacial score (nSPS) is 15.2. The van der Waals surface area contributed by atoms with E-state index in [9.17, 15) is 13.2 Å². The Morgan fingerprint density at radius 2 is 1.79 bits per heavy atom. The first-order valence-electron chi connectivity index (χ1n) is 9.19. The molecule has 6 nitrogen and oxygen atoms in total. The molecule has 0 heterocycles. The van der Waals surface area contributed by atoms with Crippen molar-refractivity contribution in [2.75, 3.05) is 11.9 Å². The predicted octanol–water partition coefficient (Wildman–Crippen LogP) is 4.31. The summed E-state index contributed by atoms with van der Waals surface area (Å²) < 4.78 is 29.4. The number of carbonyl (C=O) groups is 1. The van der Waals surface area contributed by atoms with Crippen LogP contribution in [0.1, 0.15) is 42.5 Å². The van der Waals surface area contributed by atoms with Gasteiger partial charge >= 0.3 is 0 Å². The summed E-state index contributed by atoms with van der Waals surface area (Å²) in [5.41, 5.74) is 0.770. The van der Waals surface area contributed by atoms with Crippen LogP contribution in [0.2, 0.25) is 0 Å². The van der Waals surface area contributed by atoms with Crippen molar-refractivity contribution in [1.82, 2.24) is 0 Å². The van der Waals surface area contributed by atoms with Gasteiger partial charge in [-0.1, -0.05) is 19.3 Å². The van der Waals surface area contributed by atoms with Gasteiger partial charge in [0, 0.05) is 10.2 Å². The van der Waals surface area contributed by atoms with Crippen LogP contribution in [0.3, 0.4) is 0 Å². The monoisotopic (exact) mass is 466 g/mol. The molecule has 1 amide bonds. The number of hydrogen-bond acceptors (Lipinski definition) is 4. The van der Waals surface area contributed by atoms with Crippen LogP contribution in [-0.2, 0) is 10.0 Å². The summed E-state index contributed by atoms with van der Waals surface area (Å²) in [4.78, 5) is 12.4. The van der Waals surface area contributed by atoms with Crippen molar-refractivity contribution in [2.24, 2.45) is 11.1 Å². The van der Waals surface area contributed by atoms with Crippen LogP contribution in [0.4, 0.5) is 5.69 Å². The van der Waals surface area contributed by atoms with Gasteiger partial charge in [-0.3, -0.25) is 4.79 Å². The highest BCUT2D eigenvalue weighted by Crippen LogP contribution is 2.26. The second-order valence-corrected chi connectivity index (χ2v) is 9.40. The first-order valence-corrected chi connectivity index (χ1v) is 11.5. The Balaban J connectivity index is 1.63. The molecule has 3 rings (SSSR count). The molecule has 8 heteroatoms. The molecule has 0 unspecified atom stereocenters. The van der Waals surface area contributed by atoms with Gasteiger partial charge in [0.2, 0.25) is 10.0 Å². The molecule has 150 valence electrons. The van der Waals surface area contributed by atoms with Crippen molar-refractivity contribution in [3.8, 4) is 5.75 Å². The van der Waals surface area contributed by atoms with E-state index in [0.717, 1.165) is 12.4 Å². The Labute approximate surface area is 173 Å². The van der Waals surface area contributed by atoms with Gasteiger partial charge in [-0.15, -0.1) is 0 Å². The average Bonchev–Trinajstić information content (AvgIpc) is 2.67. The van der Waals surface area contributed by atoms with Crippen LogP contribution in [-0.4, -0.2) is 20.9 Å². The molecule has 2 aromatic carbocycles. The second-order valence-electron chi connectivity index (χ2n) is 6.98. The number of nitrogens with one attached hydrogen (secondary N) is 1. The maximum atomic E-state index is 12.5. The van der Waals surface area contributed by atoms with Crippen LogP contribution < -0.4 is 15.2 Å². The first kappa shape index (κ1) is 20.8. The smallest absolute Gasteiger partial charge is 0.256 e. The lowest BCUT2D eigenvalue weighted by atomic mass is 9.90. The van der Waals surface area contributed by atoms with Gasteiger partial charge in [0.25, 0.3) is 5.91 Å². The van der Waals surface area contributed by atoms with Gasteiger partial charge in [0.15, 0.2) is 0 Å². The first-order chi connectivity index (χ1) is 13.3. The number of hydrogen-bond donors (Lipinski definition) is 2. The van der Waals surface area contributed by atoms with E-state index in [4.69, 9.17) is 9.88 Å². The fraction of sp³-hybridized carbons (Fsp3) is 0.350. The number of anilines is 1. The number of sulfonamides is 1. The van der Waals surface area contributed by atoms with Gasteiger partial charge in [-0.25, -0.2) is 13.6 Å². The Morgan fingerprint density at radius 1 is 1.11 bits per heavy atom. The summed E-state index contributed by atoms with van der Waals surface area (Å²) in [6, 6.07) is 11.2. The molecule has 0 radical (unpaired) electrons. The fourth-order valence-corrected chi connectivity index (χ4v) is 4.22. The molecule has 3 N–H and O–H groups in total. The average molecular weight is 467 g/mol. The van der Waals surface area contributed by atoms with Crippen molar-refractivity contribution in [3.05, 3.63) is 52.5 Å². The zero-order valence-corrected chi connectivity index (χ0v) is 17.8. The van der Waals surface area contributed by atoms with E-state index < -0.39 is 15.9 Å². The van der Waals surface area contributed by atoms with Gasteiger partial charge in [-0.05, 0) is 77.2 Å². The number of primary sulfonamides is 1. The van der Waals surface area contributed by atoms with Gasteiger partial charge in [0.05, 0.1) is 17.1 Å². The Kier molecular flexibility index (Phi) is 6.74. The molecular formula is C20H23BrN2O4S. The maximum Gasteiger partial charge on any atom is 0.256 e. The van der Waals surface area contributed by atoms with Crippen molar-refractivity contribution in [1.29, 1.82) is 0 Å². The molecule has 0 spiro atoms. The molecule has 28 heavy (non-hydrogen) atoms. The van der Waals surface area contributed by atoms with E-state index in [0.29, 0.717) is 16.1 Å². The number of carbonyl (C=O) groups excluding carboxylic acids is 1. The summed E-state index contributed by atoms with van der Waals surface area (Å²) in [5, 5.41) is 7.89. The topological polar surface area (TPSA) is 98.5 Å². The van der Waals surface area contributed by atoms with Crippen LogP contribution >= 0.6 is 15.9 Å². The highest BCUT2D eigenvalue weighted by molar-refractivity contribution is 9.10. The van der Waals surface area contributed by atoms with E-state index in [-0.39, 0.29) is 10.5 Å². The van der Waals surface area contributed by atoms with Gasteiger partial charge in [0.1, 0.15) is 5.75 Å². The highest BCUT2D eigenvalue weighted by atomic mass is 79.9. The number of nitrogens with two attached hydrogens (primary N) is 1.